The summed E-state index contributed by atoms with van der Waals surface area (Å²) < 4.78 is 7.65. The van der Waals surface area contributed by atoms with Crippen LogP contribution in [0.3, 0.4) is 0 Å². The van der Waals surface area contributed by atoms with E-state index in [0.29, 0.717) is 18.2 Å². The van der Waals surface area contributed by atoms with Gasteiger partial charge >= 0.3 is 0 Å². The summed E-state index contributed by atoms with van der Waals surface area (Å²) in [7, 11) is 0. The third-order valence-corrected chi connectivity index (χ3v) is 3.64. The first kappa shape index (κ1) is 17.0. The molecule has 2 heterocycles. The number of aromatic nitrogens is 4. The first-order valence-corrected chi connectivity index (χ1v) is 8.37. The Morgan fingerprint density at radius 2 is 1.96 bits per heavy atom. The van der Waals surface area contributed by atoms with E-state index in [0.717, 1.165) is 22.7 Å². The topological polar surface area (TPSA) is 64.9 Å². The molecule has 0 atom stereocenters. The first-order chi connectivity index (χ1) is 12.0. The molecule has 130 valence electrons. The number of aryl methyl sites for hydroxylation is 2. The van der Waals surface area contributed by atoms with Gasteiger partial charge in [-0.25, -0.2) is 9.67 Å². The number of hydrogen-bond acceptors (Lipinski definition) is 5. The third-order valence-electron chi connectivity index (χ3n) is 3.64. The third kappa shape index (κ3) is 4.15. The van der Waals surface area contributed by atoms with Crippen LogP contribution in [0.15, 0.2) is 42.7 Å². The average molecular weight is 337 g/mol. The molecule has 0 spiro atoms. The van der Waals surface area contributed by atoms with Crippen LogP contribution in [0.5, 0.6) is 5.75 Å². The molecule has 6 nitrogen and oxygen atoms in total. The second kappa shape index (κ2) is 7.34. The fourth-order valence-electron chi connectivity index (χ4n) is 2.61. The molecule has 0 saturated carbocycles. The van der Waals surface area contributed by atoms with Crippen molar-refractivity contribution in [3.05, 3.63) is 59.7 Å². The van der Waals surface area contributed by atoms with Crippen molar-refractivity contribution in [3.8, 4) is 11.6 Å². The highest BCUT2D eigenvalue weighted by Gasteiger charge is 2.08. The van der Waals surface area contributed by atoms with Gasteiger partial charge < -0.3 is 10.1 Å². The smallest absolute Gasteiger partial charge is 0.174 e. The van der Waals surface area contributed by atoms with E-state index in [2.05, 4.69) is 20.4 Å². The lowest BCUT2D eigenvalue weighted by atomic mass is 10.2. The molecule has 3 aromatic rings. The molecule has 0 aliphatic carbocycles. The summed E-state index contributed by atoms with van der Waals surface area (Å²) in [6, 6.07) is 10.0. The van der Waals surface area contributed by atoms with Gasteiger partial charge in [-0.2, -0.15) is 5.10 Å². The highest BCUT2D eigenvalue weighted by Crippen LogP contribution is 2.20. The Kier molecular flexibility index (Phi) is 4.97. The Hall–Kier alpha value is -2.89. The van der Waals surface area contributed by atoms with Crippen LogP contribution < -0.4 is 10.1 Å². The van der Waals surface area contributed by atoms with Gasteiger partial charge in [0.1, 0.15) is 11.6 Å². The predicted octanol–water partition coefficient (Wildman–Crippen LogP) is 3.68. The molecule has 3 rings (SSSR count). The Morgan fingerprint density at radius 3 is 2.68 bits per heavy atom. The van der Waals surface area contributed by atoms with Crippen molar-refractivity contribution < 1.29 is 4.74 Å². The van der Waals surface area contributed by atoms with Gasteiger partial charge in [-0.3, -0.25) is 4.98 Å². The van der Waals surface area contributed by atoms with E-state index in [1.165, 1.54) is 0 Å². The van der Waals surface area contributed by atoms with E-state index in [1.54, 1.807) is 17.1 Å². The number of anilines is 1. The van der Waals surface area contributed by atoms with E-state index in [1.807, 2.05) is 58.0 Å². The summed E-state index contributed by atoms with van der Waals surface area (Å²) >= 11 is 0. The molecule has 6 heteroatoms. The van der Waals surface area contributed by atoms with Gasteiger partial charge in [0.25, 0.3) is 0 Å². The quantitative estimate of drug-likeness (QED) is 0.743. The van der Waals surface area contributed by atoms with Gasteiger partial charge in [-0.05, 0) is 39.8 Å². The fourth-order valence-corrected chi connectivity index (χ4v) is 2.61. The lowest BCUT2D eigenvalue weighted by Gasteiger charge is -2.15. The highest BCUT2D eigenvalue weighted by molar-refractivity contribution is 5.41. The van der Waals surface area contributed by atoms with Crippen molar-refractivity contribution in [2.24, 2.45) is 0 Å². The summed E-state index contributed by atoms with van der Waals surface area (Å²) in [4.78, 5) is 8.89. The Labute approximate surface area is 147 Å². The second-order valence-corrected chi connectivity index (χ2v) is 6.23. The van der Waals surface area contributed by atoms with Crippen molar-refractivity contribution in [3.63, 3.8) is 0 Å². The first-order valence-electron chi connectivity index (χ1n) is 8.37. The summed E-state index contributed by atoms with van der Waals surface area (Å²) in [6.07, 6.45) is 3.55. The lowest BCUT2D eigenvalue weighted by Crippen LogP contribution is -2.10. The number of para-hydroxylation sites is 1. The van der Waals surface area contributed by atoms with Gasteiger partial charge in [0, 0.05) is 17.8 Å². The second-order valence-electron chi connectivity index (χ2n) is 6.23. The molecule has 0 bridgehead atoms. The standard InChI is InChI=1S/C19H23N5O/c1-13(2)25-17-8-6-5-7-16(17)10-21-18-11-20-12-19(22-18)24-15(4)9-14(3)23-24/h5-9,11-13H,10H2,1-4H3,(H,21,22). The molecule has 0 radical (unpaired) electrons. The van der Waals surface area contributed by atoms with Crippen LogP contribution in [0.2, 0.25) is 0 Å². The van der Waals surface area contributed by atoms with Crippen LogP contribution in [0.25, 0.3) is 5.82 Å². The zero-order valence-corrected chi connectivity index (χ0v) is 15.0. The Morgan fingerprint density at radius 1 is 1.16 bits per heavy atom. The predicted molar refractivity (Wildman–Crippen MR) is 98.2 cm³/mol. The maximum Gasteiger partial charge on any atom is 0.174 e. The minimum absolute atomic E-state index is 0.135. The van der Waals surface area contributed by atoms with E-state index < -0.39 is 0 Å². The van der Waals surface area contributed by atoms with Crippen LogP contribution in [0.4, 0.5) is 5.82 Å². The lowest BCUT2D eigenvalue weighted by molar-refractivity contribution is 0.240. The molecular weight excluding hydrogens is 314 g/mol. The van der Waals surface area contributed by atoms with Crippen molar-refractivity contribution in [1.82, 2.24) is 19.7 Å². The van der Waals surface area contributed by atoms with Gasteiger partial charge in [0.2, 0.25) is 0 Å². The maximum atomic E-state index is 5.86. The van der Waals surface area contributed by atoms with Crippen LogP contribution in [-0.2, 0) is 6.54 Å². The molecule has 0 aliphatic rings. The minimum Gasteiger partial charge on any atom is -0.491 e. The number of nitrogens with one attached hydrogen (secondary N) is 1. The number of hydrogen-bond donors (Lipinski definition) is 1. The molecule has 0 fully saturated rings. The van der Waals surface area contributed by atoms with Crippen LogP contribution >= 0.6 is 0 Å². The van der Waals surface area contributed by atoms with Gasteiger partial charge in [0.15, 0.2) is 5.82 Å². The maximum absolute atomic E-state index is 5.86. The molecule has 0 amide bonds. The zero-order chi connectivity index (χ0) is 17.8. The van der Waals surface area contributed by atoms with E-state index in [-0.39, 0.29) is 6.10 Å². The summed E-state index contributed by atoms with van der Waals surface area (Å²) in [5.41, 5.74) is 3.06. The number of benzene rings is 1. The zero-order valence-electron chi connectivity index (χ0n) is 15.0. The molecule has 1 N–H and O–H groups in total. The molecule has 2 aromatic heterocycles. The van der Waals surface area contributed by atoms with Crippen LogP contribution in [-0.4, -0.2) is 25.9 Å². The molecule has 25 heavy (non-hydrogen) atoms. The summed E-state index contributed by atoms with van der Waals surface area (Å²) in [5, 5.41) is 7.77. The van der Waals surface area contributed by atoms with E-state index in [4.69, 9.17) is 4.74 Å². The monoisotopic (exact) mass is 337 g/mol. The van der Waals surface area contributed by atoms with Gasteiger partial charge in [0.05, 0.1) is 24.2 Å². The number of rotatable bonds is 6. The normalized spacial score (nSPS) is 10.9. The molecular formula is C19H23N5O. The summed E-state index contributed by atoms with van der Waals surface area (Å²) in [6.45, 7) is 8.62. The summed E-state index contributed by atoms with van der Waals surface area (Å²) in [5.74, 6) is 2.28. The molecule has 0 unspecified atom stereocenters. The number of nitrogens with zero attached hydrogens (tertiary/aromatic N) is 4. The van der Waals surface area contributed by atoms with E-state index >= 15 is 0 Å². The Bertz CT molecular complexity index is 857. The van der Waals surface area contributed by atoms with Crippen LogP contribution in [0, 0.1) is 13.8 Å². The molecule has 1 aromatic carbocycles. The highest BCUT2D eigenvalue weighted by atomic mass is 16.5. The number of ether oxygens (including phenoxy) is 1. The van der Waals surface area contributed by atoms with Gasteiger partial charge in [-0.15, -0.1) is 0 Å². The SMILES string of the molecule is Cc1cc(C)n(-c2cncc(NCc3ccccc3OC(C)C)n2)n1. The van der Waals surface area contributed by atoms with Crippen LogP contribution in [0.1, 0.15) is 30.8 Å². The van der Waals surface area contributed by atoms with Crippen molar-refractivity contribution in [2.75, 3.05) is 5.32 Å². The molecule has 0 aliphatic heterocycles. The Balaban J connectivity index is 1.77. The van der Waals surface area contributed by atoms with Crippen molar-refractivity contribution in [1.29, 1.82) is 0 Å². The largest absolute Gasteiger partial charge is 0.491 e. The van der Waals surface area contributed by atoms with E-state index in [9.17, 15) is 0 Å². The van der Waals surface area contributed by atoms with Crippen molar-refractivity contribution >= 4 is 5.82 Å². The minimum atomic E-state index is 0.135. The van der Waals surface area contributed by atoms with Gasteiger partial charge in [-0.1, -0.05) is 18.2 Å². The van der Waals surface area contributed by atoms with Crippen molar-refractivity contribution in [2.45, 2.75) is 40.3 Å². The fraction of sp³-hybridized carbons (Fsp3) is 0.316. The average Bonchev–Trinajstić information content (AvgIpc) is 2.92. The molecule has 0 saturated heterocycles.